The molecule has 0 N–H and O–H groups in total. The van der Waals surface area contributed by atoms with Crippen molar-refractivity contribution in [3.05, 3.63) is 70.0 Å². The summed E-state index contributed by atoms with van der Waals surface area (Å²) in [7, 11) is 1.57. The van der Waals surface area contributed by atoms with Gasteiger partial charge in [-0.25, -0.2) is 9.97 Å². The number of aromatic nitrogens is 2. The molecule has 5 rings (SSSR count). The van der Waals surface area contributed by atoms with Crippen LogP contribution in [0.4, 0.5) is 0 Å². The van der Waals surface area contributed by atoms with Gasteiger partial charge in [-0.05, 0) is 60.1 Å². The largest absolute Gasteiger partial charge is 0.490 e. The van der Waals surface area contributed by atoms with E-state index in [1.807, 2.05) is 12.4 Å². The highest BCUT2D eigenvalue weighted by Gasteiger charge is 2.21. The Bertz CT molecular complexity index is 1080. The van der Waals surface area contributed by atoms with Gasteiger partial charge in [-0.15, -0.1) is 0 Å². The second-order valence-corrected chi connectivity index (χ2v) is 8.64. The molecule has 1 aromatic heterocycles. The Morgan fingerprint density at radius 1 is 1.10 bits per heavy atom. The smallest absolute Gasteiger partial charge is 0.316 e. The van der Waals surface area contributed by atoms with Gasteiger partial charge in [0.2, 0.25) is 0 Å². The Morgan fingerprint density at radius 3 is 2.77 bits per heavy atom. The zero-order valence-corrected chi connectivity index (χ0v) is 18.5. The van der Waals surface area contributed by atoms with Crippen LogP contribution >= 0.6 is 11.6 Å². The Hall–Kier alpha value is -2.63. The van der Waals surface area contributed by atoms with Crippen molar-refractivity contribution in [2.24, 2.45) is 0 Å². The number of ether oxygens (including phenoxy) is 2. The predicted molar refractivity (Wildman–Crippen MR) is 122 cm³/mol. The highest BCUT2D eigenvalue weighted by Crippen LogP contribution is 2.39. The number of hydrogen-bond acceptors (Lipinski definition) is 5. The van der Waals surface area contributed by atoms with E-state index in [0.29, 0.717) is 17.6 Å². The summed E-state index contributed by atoms with van der Waals surface area (Å²) in [4.78, 5) is 10.8. The van der Waals surface area contributed by atoms with E-state index in [-0.39, 0.29) is 0 Å². The summed E-state index contributed by atoms with van der Waals surface area (Å²) in [5.74, 6) is 0.809. The van der Waals surface area contributed by atoms with Crippen LogP contribution in [0.15, 0.2) is 42.7 Å². The molecule has 0 spiro atoms. The van der Waals surface area contributed by atoms with Gasteiger partial charge in [0, 0.05) is 43.2 Å². The van der Waals surface area contributed by atoms with Crippen molar-refractivity contribution < 1.29 is 9.47 Å². The number of halogens is 1. The van der Waals surface area contributed by atoms with Crippen molar-refractivity contribution in [3.63, 3.8) is 0 Å². The first-order valence-electron chi connectivity index (χ1n) is 10.8. The molecule has 0 radical (unpaired) electrons. The molecule has 0 unspecified atom stereocenters. The molecule has 2 aromatic carbocycles. The topological polar surface area (TPSA) is 47.5 Å². The maximum absolute atomic E-state index is 6.72. The van der Waals surface area contributed by atoms with Gasteiger partial charge in [-0.1, -0.05) is 29.8 Å². The molecule has 1 aliphatic carbocycles. The first-order chi connectivity index (χ1) is 15.2. The monoisotopic (exact) mass is 435 g/mol. The lowest BCUT2D eigenvalue weighted by atomic mass is 9.85. The predicted octanol–water partition coefficient (Wildman–Crippen LogP) is 5.08. The van der Waals surface area contributed by atoms with Crippen LogP contribution in [0.1, 0.15) is 35.1 Å². The quantitative estimate of drug-likeness (QED) is 0.572. The van der Waals surface area contributed by atoms with E-state index in [1.165, 1.54) is 41.5 Å². The van der Waals surface area contributed by atoms with E-state index in [0.717, 1.165) is 42.9 Å². The van der Waals surface area contributed by atoms with E-state index in [9.17, 15) is 0 Å². The third-order valence-corrected chi connectivity index (χ3v) is 6.43. The lowest BCUT2D eigenvalue weighted by molar-refractivity contribution is 0.219. The van der Waals surface area contributed by atoms with Crippen molar-refractivity contribution in [1.82, 2.24) is 14.9 Å². The van der Waals surface area contributed by atoms with Crippen LogP contribution in [0.5, 0.6) is 11.8 Å². The van der Waals surface area contributed by atoms with Crippen molar-refractivity contribution in [1.29, 1.82) is 0 Å². The minimum atomic E-state index is 0.385. The molecule has 2 aliphatic rings. The van der Waals surface area contributed by atoms with Crippen LogP contribution in [0.2, 0.25) is 5.02 Å². The molecule has 1 aliphatic heterocycles. The molecule has 0 saturated heterocycles. The minimum absolute atomic E-state index is 0.385. The number of hydrogen-bond donors (Lipinski definition) is 0. The van der Waals surface area contributed by atoms with Crippen LogP contribution in [-0.4, -0.2) is 35.1 Å². The maximum atomic E-state index is 6.72. The first-order valence-corrected chi connectivity index (χ1v) is 11.2. The maximum Gasteiger partial charge on any atom is 0.316 e. The van der Waals surface area contributed by atoms with Crippen molar-refractivity contribution in [2.75, 3.05) is 20.3 Å². The van der Waals surface area contributed by atoms with Crippen LogP contribution < -0.4 is 9.47 Å². The summed E-state index contributed by atoms with van der Waals surface area (Å²) in [6, 6.07) is 11.4. The van der Waals surface area contributed by atoms with E-state index < -0.39 is 0 Å². The summed E-state index contributed by atoms with van der Waals surface area (Å²) in [6.07, 6.45) is 8.47. The number of nitrogens with zero attached hydrogens (tertiary/aromatic N) is 3. The lowest BCUT2D eigenvalue weighted by Gasteiger charge is -2.21. The number of aryl methyl sites for hydroxylation is 1. The molecule has 0 saturated carbocycles. The summed E-state index contributed by atoms with van der Waals surface area (Å²) in [6.45, 7) is 2.93. The highest BCUT2D eigenvalue weighted by atomic mass is 35.5. The molecule has 0 fully saturated rings. The number of rotatable bonds is 4. The highest BCUT2D eigenvalue weighted by molar-refractivity contribution is 6.32. The Balaban J connectivity index is 1.45. The summed E-state index contributed by atoms with van der Waals surface area (Å²) in [5, 5.41) is 0.690. The molecule has 6 heteroatoms. The fraction of sp³-hybridized carbons (Fsp3) is 0.360. The second-order valence-electron chi connectivity index (χ2n) is 8.23. The van der Waals surface area contributed by atoms with E-state index >= 15 is 0 Å². The van der Waals surface area contributed by atoms with Gasteiger partial charge in [0.05, 0.1) is 12.1 Å². The Morgan fingerprint density at radius 2 is 1.94 bits per heavy atom. The standard InChI is InChI=1S/C25H26ClN3O2/c1-30-25-27-13-17(14-28-25)15-29-9-10-31-24-20(16-29)11-19(12-23(24)26)22-8-4-6-18-5-2-3-7-21(18)22/h4,6,8,11-14H,2-3,5,7,9-10,15-16H2,1H3. The van der Waals surface area contributed by atoms with Crippen LogP contribution in [0, 0.1) is 0 Å². The van der Waals surface area contributed by atoms with Crippen molar-refractivity contribution >= 4 is 11.6 Å². The van der Waals surface area contributed by atoms with E-state index in [2.05, 4.69) is 45.2 Å². The van der Waals surface area contributed by atoms with Gasteiger partial charge < -0.3 is 9.47 Å². The average molecular weight is 436 g/mol. The molecule has 0 atom stereocenters. The second kappa shape index (κ2) is 8.85. The van der Waals surface area contributed by atoms with E-state index in [4.69, 9.17) is 21.1 Å². The first kappa shape index (κ1) is 20.3. The zero-order valence-electron chi connectivity index (χ0n) is 17.7. The third kappa shape index (κ3) is 4.25. The average Bonchev–Trinajstić information content (AvgIpc) is 3.01. The van der Waals surface area contributed by atoms with Gasteiger partial charge in [0.15, 0.2) is 0 Å². The lowest BCUT2D eigenvalue weighted by Crippen LogP contribution is -2.25. The van der Waals surface area contributed by atoms with Gasteiger partial charge in [0.25, 0.3) is 0 Å². The normalized spacial score (nSPS) is 16.1. The number of methoxy groups -OCH3 is 1. The molecule has 0 bridgehead atoms. The van der Waals surface area contributed by atoms with Crippen LogP contribution in [0.3, 0.4) is 0 Å². The van der Waals surface area contributed by atoms with Crippen molar-refractivity contribution in [2.45, 2.75) is 38.8 Å². The van der Waals surface area contributed by atoms with Crippen LogP contribution in [0.25, 0.3) is 11.1 Å². The molecular formula is C25H26ClN3O2. The van der Waals surface area contributed by atoms with Gasteiger partial charge in [-0.2, -0.15) is 0 Å². The summed E-state index contributed by atoms with van der Waals surface area (Å²) in [5.41, 5.74) is 7.62. The number of benzene rings is 2. The molecule has 5 nitrogen and oxygen atoms in total. The fourth-order valence-electron chi connectivity index (χ4n) is 4.66. The minimum Gasteiger partial charge on any atom is -0.490 e. The molecule has 3 aromatic rings. The zero-order chi connectivity index (χ0) is 21.2. The fourth-order valence-corrected chi connectivity index (χ4v) is 4.95. The molecule has 0 amide bonds. The Labute approximate surface area is 188 Å². The molecule has 160 valence electrons. The molecule has 2 heterocycles. The third-order valence-electron chi connectivity index (χ3n) is 6.15. The van der Waals surface area contributed by atoms with Crippen LogP contribution in [-0.2, 0) is 25.9 Å². The van der Waals surface area contributed by atoms with Gasteiger partial charge in [-0.3, -0.25) is 4.90 Å². The van der Waals surface area contributed by atoms with Gasteiger partial charge in [0.1, 0.15) is 12.4 Å². The van der Waals surface area contributed by atoms with Gasteiger partial charge >= 0.3 is 6.01 Å². The SMILES string of the molecule is COc1ncc(CN2CCOc3c(Cl)cc(-c4cccc5c4CCCC5)cc3C2)cn1. The molecule has 31 heavy (non-hydrogen) atoms. The Kier molecular flexibility index (Phi) is 5.79. The van der Waals surface area contributed by atoms with Crippen molar-refractivity contribution in [3.8, 4) is 22.9 Å². The summed E-state index contributed by atoms with van der Waals surface area (Å²) < 4.78 is 11.1. The number of fused-ring (bicyclic) bond motifs is 2. The summed E-state index contributed by atoms with van der Waals surface area (Å²) >= 11 is 6.72. The van der Waals surface area contributed by atoms with E-state index in [1.54, 1.807) is 7.11 Å². The molecular weight excluding hydrogens is 410 g/mol.